The van der Waals surface area contributed by atoms with E-state index >= 15 is 0 Å². The molecule has 0 aliphatic heterocycles. The average molecular weight is 422 g/mol. The highest BCUT2D eigenvalue weighted by Gasteiger charge is 2.21. The maximum Gasteiger partial charge on any atom is 0.295 e. The second-order valence-corrected chi connectivity index (χ2v) is 8.63. The van der Waals surface area contributed by atoms with Crippen LogP contribution in [0.1, 0.15) is 10.4 Å². The SMILES string of the molecule is Nc1ccc(C(=O)Nc2cc(S(=O)(=O)O)c3cccc(S(=O)(=O)O)c3c2)cc1. The van der Waals surface area contributed by atoms with Gasteiger partial charge in [-0.3, -0.25) is 13.9 Å². The lowest BCUT2D eigenvalue weighted by molar-refractivity contribution is 0.102. The molecule has 1 amide bonds. The Morgan fingerprint density at radius 1 is 0.821 bits per heavy atom. The van der Waals surface area contributed by atoms with Gasteiger partial charge in [0, 0.05) is 27.7 Å². The largest absolute Gasteiger partial charge is 0.399 e. The number of nitrogens with two attached hydrogens (primary N) is 1. The molecule has 0 aliphatic carbocycles. The van der Waals surface area contributed by atoms with E-state index in [9.17, 15) is 30.7 Å². The summed E-state index contributed by atoms with van der Waals surface area (Å²) in [5, 5.41) is 2.11. The molecule has 0 spiro atoms. The lowest BCUT2D eigenvalue weighted by Gasteiger charge is -2.12. The predicted octanol–water partition coefficient (Wildman–Crippen LogP) is 2.17. The normalized spacial score (nSPS) is 12.1. The number of nitrogens with one attached hydrogen (secondary N) is 1. The van der Waals surface area contributed by atoms with Gasteiger partial charge in [0.05, 0.1) is 0 Å². The highest BCUT2D eigenvalue weighted by atomic mass is 32.2. The molecule has 5 N–H and O–H groups in total. The number of rotatable bonds is 4. The summed E-state index contributed by atoms with van der Waals surface area (Å²) < 4.78 is 65.8. The number of carbonyl (C=O) groups excluding carboxylic acids is 1. The molecule has 146 valence electrons. The minimum atomic E-state index is -4.76. The molecule has 0 aromatic heterocycles. The molecule has 0 saturated carbocycles. The van der Waals surface area contributed by atoms with Crippen molar-refractivity contribution in [3.05, 3.63) is 60.2 Å². The molecule has 0 aliphatic rings. The van der Waals surface area contributed by atoms with Crippen molar-refractivity contribution in [2.75, 3.05) is 11.1 Å². The third kappa shape index (κ3) is 3.97. The molecule has 0 atom stereocenters. The molecule has 0 radical (unpaired) electrons. The van der Waals surface area contributed by atoms with Gasteiger partial charge in [-0.05, 0) is 42.5 Å². The van der Waals surface area contributed by atoms with E-state index < -0.39 is 35.9 Å². The number of fused-ring (bicyclic) bond motifs is 1. The quantitative estimate of drug-likeness (QED) is 0.367. The number of hydrogen-bond acceptors (Lipinski definition) is 6. The monoisotopic (exact) mass is 422 g/mol. The van der Waals surface area contributed by atoms with Crippen LogP contribution in [-0.4, -0.2) is 31.8 Å². The fourth-order valence-corrected chi connectivity index (χ4v) is 4.10. The lowest BCUT2D eigenvalue weighted by atomic mass is 10.1. The predicted molar refractivity (Wildman–Crippen MR) is 102 cm³/mol. The van der Waals surface area contributed by atoms with Crippen LogP contribution in [0.3, 0.4) is 0 Å². The van der Waals surface area contributed by atoms with Crippen molar-refractivity contribution in [2.45, 2.75) is 9.79 Å². The van der Waals surface area contributed by atoms with Gasteiger partial charge < -0.3 is 11.1 Å². The summed E-state index contributed by atoms with van der Waals surface area (Å²) in [6.45, 7) is 0. The third-order valence-corrected chi connectivity index (χ3v) is 5.71. The molecule has 28 heavy (non-hydrogen) atoms. The van der Waals surface area contributed by atoms with Crippen molar-refractivity contribution in [2.24, 2.45) is 0 Å². The van der Waals surface area contributed by atoms with E-state index in [-0.39, 0.29) is 22.0 Å². The second kappa shape index (κ2) is 6.87. The Kier molecular flexibility index (Phi) is 4.85. The van der Waals surface area contributed by atoms with Crippen molar-refractivity contribution in [3.63, 3.8) is 0 Å². The average Bonchev–Trinajstić information content (AvgIpc) is 2.59. The van der Waals surface area contributed by atoms with Gasteiger partial charge in [0.15, 0.2) is 0 Å². The summed E-state index contributed by atoms with van der Waals surface area (Å²) in [7, 11) is -9.46. The first-order chi connectivity index (χ1) is 13.0. The maximum absolute atomic E-state index is 12.4. The second-order valence-electron chi connectivity index (χ2n) is 5.85. The van der Waals surface area contributed by atoms with Gasteiger partial charge in [0.2, 0.25) is 0 Å². The van der Waals surface area contributed by atoms with Crippen LogP contribution in [-0.2, 0) is 20.2 Å². The maximum atomic E-state index is 12.4. The Bertz CT molecular complexity index is 1300. The molecule has 0 fully saturated rings. The summed E-state index contributed by atoms with van der Waals surface area (Å²) in [5.74, 6) is -0.620. The van der Waals surface area contributed by atoms with Crippen molar-refractivity contribution in [1.29, 1.82) is 0 Å². The van der Waals surface area contributed by atoms with Crippen molar-refractivity contribution < 1.29 is 30.7 Å². The highest BCUT2D eigenvalue weighted by Crippen LogP contribution is 2.32. The van der Waals surface area contributed by atoms with Gasteiger partial charge in [-0.15, -0.1) is 0 Å². The van der Waals surface area contributed by atoms with Crippen LogP contribution >= 0.6 is 0 Å². The minimum absolute atomic E-state index is 0.0990. The molecule has 0 bridgehead atoms. The zero-order valence-electron chi connectivity index (χ0n) is 14.0. The van der Waals surface area contributed by atoms with E-state index in [0.29, 0.717) is 5.69 Å². The summed E-state index contributed by atoms with van der Waals surface area (Å²) >= 11 is 0. The van der Waals surface area contributed by atoms with Gasteiger partial charge in [0.1, 0.15) is 9.79 Å². The topological polar surface area (TPSA) is 164 Å². The zero-order chi connectivity index (χ0) is 20.7. The van der Waals surface area contributed by atoms with Gasteiger partial charge in [-0.1, -0.05) is 12.1 Å². The van der Waals surface area contributed by atoms with Crippen LogP contribution in [0.15, 0.2) is 64.4 Å². The highest BCUT2D eigenvalue weighted by molar-refractivity contribution is 7.86. The molecule has 11 heteroatoms. The summed E-state index contributed by atoms with van der Waals surface area (Å²) in [6.07, 6.45) is 0. The van der Waals surface area contributed by atoms with Crippen LogP contribution < -0.4 is 11.1 Å². The first-order valence-electron chi connectivity index (χ1n) is 7.65. The molecule has 3 aromatic rings. The standard InChI is InChI=1S/C17H14N2O7S2/c18-11-6-4-10(5-7-11)17(20)19-12-8-14-13(16(9-12)28(24,25)26)2-1-3-15(14)27(21,22)23/h1-9H,18H2,(H,19,20)(H,21,22,23)(H,24,25,26). The number of anilines is 2. The zero-order valence-corrected chi connectivity index (χ0v) is 15.7. The molecule has 9 nitrogen and oxygen atoms in total. The molecular formula is C17H14N2O7S2. The molecule has 0 heterocycles. The van der Waals surface area contributed by atoms with E-state index in [4.69, 9.17) is 5.73 Å². The third-order valence-electron chi connectivity index (χ3n) is 3.90. The fraction of sp³-hybridized carbons (Fsp3) is 0. The van der Waals surface area contributed by atoms with E-state index in [1.807, 2.05) is 0 Å². The Balaban J connectivity index is 2.20. The molecule has 0 unspecified atom stereocenters. The number of amides is 1. The number of carbonyl (C=O) groups is 1. The fourth-order valence-electron chi connectivity index (χ4n) is 2.67. The van der Waals surface area contributed by atoms with Crippen molar-refractivity contribution in [3.8, 4) is 0 Å². The summed E-state index contributed by atoms with van der Waals surface area (Å²) in [5.41, 5.74) is 6.11. The van der Waals surface area contributed by atoms with Crippen LogP contribution in [0, 0.1) is 0 Å². The van der Waals surface area contributed by atoms with Gasteiger partial charge in [-0.2, -0.15) is 16.8 Å². The molecule has 3 aromatic carbocycles. The Hall–Kier alpha value is -2.99. The van der Waals surface area contributed by atoms with E-state index in [0.717, 1.165) is 12.1 Å². The van der Waals surface area contributed by atoms with Crippen LogP contribution in [0.2, 0.25) is 0 Å². The minimum Gasteiger partial charge on any atom is -0.399 e. The smallest absolute Gasteiger partial charge is 0.295 e. The van der Waals surface area contributed by atoms with Crippen molar-refractivity contribution in [1.82, 2.24) is 0 Å². The molecule has 3 rings (SSSR count). The van der Waals surface area contributed by atoms with Crippen LogP contribution in [0.25, 0.3) is 10.8 Å². The number of nitrogen functional groups attached to an aromatic ring is 1. The summed E-state index contributed by atoms with van der Waals surface area (Å²) in [6, 6.07) is 11.6. The van der Waals surface area contributed by atoms with E-state index in [2.05, 4.69) is 5.32 Å². The van der Waals surface area contributed by atoms with E-state index in [1.54, 1.807) is 0 Å². The number of benzene rings is 3. The molecular weight excluding hydrogens is 408 g/mol. The first-order valence-corrected chi connectivity index (χ1v) is 10.5. The van der Waals surface area contributed by atoms with Crippen LogP contribution in [0.4, 0.5) is 11.4 Å². The Morgan fingerprint density at radius 2 is 1.43 bits per heavy atom. The van der Waals surface area contributed by atoms with E-state index in [1.165, 1.54) is 42.5 Å². The first kappa shape index (κ1) is 19.8. The number of hydrogen-bond donors (Lipinski definition) is 4. The van der Waals surface area contributed by atoms with Crippen molar-refractivity contribution >= 4 is 48.3 Å². The van der Waals surface area contributed by atoms with Crippen LogP contribution in [0.5, 0.6) is 0 Å². The van der Waals surface area contributed by atoms with Gasteiger partial charge in [0.25, 0.3) is 26.1 Å². The summed E-state index contributed by atoms with van der Waals surface area (Å²) in [4.78, 5) is 11.2. The lowest BCUT2D eigenvalue weighted by Crippen LogP contribution is -2.13. The van der Waals surface area contributed by atoms with Gasteiger partial charge >= 0.3 is 0 Å². The van der Waals surface area contributed by atoms with Gasteiger partial charge in [-0.25, -0.2) is 0 Å². The Labute approximate surface area is 160 Å². The molecule has 0 saturated heterocycles. The Morgan fingerprint density at radius 3 is 2.00 bits per heavy atom.